The van der Waals surface area contributed by atoms with E-state index in [0.717, 1.165) is 6.08 Å². The second-order valence-electron chi connectivity index (χ2n) is 7.52. The second kappa shape index (κ2) is 13.0. The molecule has 3 N–H and O–H groups in total. The summed E-state index contributed by atoms with van der Waals surface area (Å²) in [6.07, 6.45) is 2.44. The maximum absolute atomic E-state index is 12.6. The molecule has 0 aliphatic carbocycles. The van der Waals surface area contributed by atoms with Crippen LogP contribution in [-0.4, -0.2) is 41.3 Å². The third-order valence-corrected chi connectivity index (χ3v) is 4.88. The van der Waals surface area contributed by atoms with Crippen LogP contribution in [0.25, 0.3) is 0 Å². The van der Waals surface area contributed by atoms with E-state index < -0.39 is 18.2 Å². The predicted molar refractivity (Wildman–Crippen MR) is 123 cm³/mol. The minimum Gasteiger partial charge on any atom is -0.491 e. The van der Waals surface area contributed by atoms with Crippen LogP contribution in [0.1, 0.15) is 48.7 Å². The van der Waals surface area contributed by atoms with Crippen molar-refractivity contribution in [1.82, 2.24) is 0 Å². The number of Topliss-reactive ketones (excluding diaryl/α,β-unsaturated/α-hetero) is 1. The van der Waals surface area contributed by atoms with Crippen LogP contribution in [0.15, 0.2) is 60.7 Å². The lowest BCUT2D eigenvalue weighted by molar-refractivity contribution is -0.131. The van der Waals surface area contributed by atoms with Crippen molar-refractivity contribution in [3.63, 3.8) is 0 Å². The van der Waals surface area contributed by atoms with Gasteiger partial charge in [0.15, 0.2) is 5.78 Å². The van der Waals surface area contributed by atoms with E-state index in [2.05, 4.69) is 5.32 Å². The standard InChI is InChI=1S/C25H29NO7/c1-17(6-3-4-9-23(29)30)24(20-7-5-8-22(16-20)32-15-14-27)33-25(31)26-21-12-10-19(11-13-21)18(2)28/h4-5,7-13,16-17,24,27H,3,6,14-15H2,1-2H3,(H,26,31)(H,29,30)/b9-4+/t17-,24-/m0/s1. The number of benzene rings is 2. The molecule has 0 fully saturated rings. The number of rotatable bonds is 12. The Hall–Kier alpha value is -3.65. The fourth-order valence-corrected chi connectivity index (χ4v) is 3.20. The van der Waals surface area contributed by atoms with Crippen molar-refractivity contribution in [3.05, 3.63) is 71.8 Å². The average molecular weight is 456 g/mol. The summed E-state index contributed by atoms with van der Waals surface area (Å²) < 4.78 is 11.2. The summed E-state index contributed by atoms with van der Waals surface area (Å²) >= 11 is 0. The molecule has 0 saturated heterocycles. The van der Waals surface area contributed by atoms with Gasteiger partial charge < -0.3 is 19.7 Å². The molecule has 2 aromatic rings. The molecule has 8 heteroatoms. The number of aliphatic carboxylic acids is 1. The van der Waals surface area contributed by atoms with E-state index in [9.17, 15) is 14.4 Å². The Morgan fingerprint density at radius 2 is 1.85 bits per heavy atom. The Morgan fingerprint density at radius 1 is 1.12 bits per heavy atom. The van der Waals surface area contributed by atoms with Gasteiger partial charge in [-0.2, -0.15) is 0 Å². The summed E-state index contributed by atoms with van der Waals surface area (Å²) in [5, 5.41) is 20.4. The van der Waals surface area contributed by atoms with Gasteiger partial charge in [-0.1, -0.05) is 25.1 Å². The van der Waals surface area contributed by atoms with E-state index in [-0.39, 0.29) is 24.9 Å². The van der Waals surface area contributed by atoms with E-state index in [0.29, 0.717) is 35.4 Å². The van der Waals surface area contributed by atoms with E-state index in [4.69, 9.17) is 19.7 Å². The van der Waals surface area contributed by atoms with Crippen molar-refractivity contribution in [1.29, 1.82) is 0 Å². The van der Waals surface area contributed by atoms with Crippen LogP contribution in [0.3, 0.4) is 0 Å². The number of amides is 1. The first-order valence-electron chi connectivity index (χ1n) is 10.6. The number of hydrogen-bond acceptors (Lipinski definition) is 6. The molecule has 0 spiro atoms. The number of aliphatic hydroxyl groups excluding tert-OH is 1. The molecule has 0 aromatic heterocycles. The van der Waals surface area contributed by atoms with Crippen molar-refractivity contribution in [2.75, 3.05) is 18.5 Å². The quantitative estimate of drug-likeness (QED) is 0.316. The lowest BCUT2D eigenvalue weighted by atomic mass is 9.93. The molecule has 0 bridgehead atoms. The topological polar surface area (TPSA) is 122 Å². The SMILES string of the molecule is CC(=O)c1ccc(NC(=O)O[C@H](c2cccc(OCCO)c2)[C@@H](C)CC/C=C/C(=O)O)cc1. The highest BCUT2D eigenvalue weighted by Gasteiger charge is 2.24. The summed E-state index contributed by atoms with van der Waals surface area (Å²) in [5.74, 6) is -0.687. The van der Waals surface area contributed by atoms with Crippen LogP contribution >= 0.6 is 0 Å². The van der Waals surface area contributed by atoms with Gasteiger partial charge in [0.25, 0.3) is 0 Å². The summed E-state index contributed by atoms with van der Waals surface area (Å²) in [7, 11) is 0. The molecular formula is C25H29NO7. The molecule has 1 amide bonds. The van der Waals surface area contributed by atoms with Crippen molar-refractivity contribution in [3.8, 4) is 5.75 Å². The Morgan fingerprint density at radius 3 is 2.48 bits per heavy atom. The van der Waals surface area contributed by atoms with Crippen LogP contribution in [0.2, 0.25) is 0 Å². The number of allylic oxidation sites excluding steroid dienone is 1. The molecule has 0 heterocycles. The first kappa shape index (κ1) is 25.6. The number of carbonyl (C=O) groups is 3. The Labute approximate surface area is 192 Å². The number of aliphatic hydroxyl groups is 1. The largest absolute Gasteiger partial charge is 0.491 e. The highest BCUT2D eigenvalue weighted by Crippen LogP contribution is 2.32. The molecule has 2 aromatic carbocycles. The molecule has 176 valence electrons. The van der Waals surface area contributed by atoms with Gasteiger partial charge in [-0.05, 0) is 67.6 Å². The van der Waals surface area contributed by atoms with E-state index in [1.807, 2.05) is 13.0 Å². The fourth-order valence-electron chi connectivity index (χ4n) is 3.20. The van der Waals surface area contributed by atoms with Gasteiger partial charge in [0.05, 0.1) is 6.61 Å². The fraction of sp³-hybridized carbons (Fsp3) is 0.320. The van der Waals surface area contributed by atoms with E-state index in [1.165, 1.54) is 6.92 Å². The molecular weight excluding hydrogens is 426 g/mol. The maximum Gasteiger partial charge on any atom is 0.412 e. The zero-order chi connectivity index (χ0) is 24.2. The first-order valence-corrected chi connectivity index (χ1v) is 10.6. The second-order valence-corrected chi connectivity index (χ2v) is 7.52. The maximum atomic E-state index is 12.6. The lowest BCUT2D eigenvalue weighted by Crippen LogP contribution is -2.22. The van der Waals surface area contributed by atoms with Gasteiger partial charge in [0, 0.05) is 17.3 Å². The number of carboxylic acid groups (broad SMARTS) is 1. The average Bonchev–Trinajstić information content (AvgIpc) is 2.79. The van der Waals surface area contributed by atoms with Crippen molar-refractivity contribution in [2.45, 2.75) is 32.8 Å². The lowest BCUT2D eigenvalue weighted by Gasteiger charge is -2.25. The summed E-state index contributed by atoms with van der Waals surface area (Å²) in [6, 6.07) is 13.6. The molecule has 0 saturated carbocycles. The third-order valence-electron chi connectivity index (χ3n) is 4.88. The zero-order valence-corrected chi connectivity index (χ0v) is 18.7. The molecule has 2 rings (SSSR count). The Kier molecular flexibility index (Phi) is 10.1. The molecule has 0 unspecified atom stereocenters. The Balaban J connectivity index is 2.16. The highest BCUT2D eigenvalue weighted by molar-refractivity contribution is 5.95. The monoisotopic (exact) mass is 455 g/mol. The first-order chi connectivity index (χ1) is 15.8. The summed E-state index contributed by atoms with van der Waals surface area (Å²) in [5.41, 5.74) is 1.73. The zero-order valence-electron chi connectivity index (χ0n) is 18.7. The van der Waals surface area contributed by atoms with Crippen molar-refractivity contribution in [2.24, 2.45) is 5.92 Å². The smallest absolute Gasteiger partial charge is 0.412 e. The van der Waals surface area contributed by atoms with E-state index in [1.54, 1.807) is 48.5 Å². The normalized spacial score (nSPS) is 12.7. The third kappa shape index (κ3) is 8.78. The van der Waals surface area contributed by atoms with Crippen LogP contribution < -0.4 is 10.1 Å². The van der Waals surface area contributed by atoms with Crippen LogP contribution in [0.5, 0.6) is 5.75 Å². The number of ether oxygens (including phenoxy) is 2. The number of carboxylic acids is 1. The summed E-state index contributed by atoms with van der Waals surface area (Å²) in [6.45, 7) is 3.39. The molecule has 33 heavy (non-hydrogen) atoms. The van der Waals surface area contributed by atoms with Crippen LogP contribution in [0.4, 0.5) is 10.5 Å². The number of ketones is 1. The molecule has 0 aliphatic rings. The number of hydrogen-bond donors (Lipinski definition) is 3. The minimum absolute atomic E-state index is 0.0711. The highest BCUT2D eigenvalue weighted by atomic mass is 16.6. The van der Waals surface area contributed by atoms with E-state index >= 15 is 0 Å². The molecule has 0 aliphatic heterocycles. The number of anilines is 1. The number of nitrogens with one attached hydrogen (secondary N) is 1. The van der Waals surface area contributed by atoms with Gasteiger partial charge in [-0.15, -0.1) is 0 Å². The van der Waals surface area contributed by atoms with Gasteiger partial charge in [-0.25, -0.2) is 9.59 Å². The van der Waals surface area contributed by atoms with Crippen LogP contribution in [-0.2, 0) is 9.53 Å². The Bertz CT molecular complexity index is 969. The van der Waals surface area contributed by atoms with Crippen molar-refractivity contribution < 1.29 is 34.1 Å². The molecule has 8 nitrogen and oxygen atoms in total. The van der Waals surface area contributed by atoms with Gasteiger partial charge in [-0.3, -0.25) is 10.1 Å². The van der Waals surface area contributed by atoms with Gasteiger partial charge >= 0.3 is 12.1 Å². The predicted octanol–water partition coefficient (Wildman–Crippen LogP) is 4.61. The van der Waals surface area contributed by atoms with Crippen LogP contribution in [0, 0.1) is 5.92 Å². The van der Waals surface area contributed by atoms with Gasteiger partial charge in [0.2, 0.25) is 0 Å². The molecule has 0 radical (unpaired) electrons. The molecule has 2 atom stereocenters. The van der Waals surface area contributed by atoms with Crippen molar-refractivity contribution >= 4 is 23.5 Å². The number of carbonyl (C=O) groups excluding carboxylic acids is 2. The van der Waals surface area contributed by atoms with Gasteiger partial charge in [0.1, 0.15) is 18.5 Å². The summed E-state index contributed by atoms with van der Waals surface area (Å²) in [4.78, 5) is 34.7. The minimum atomic E-state index is -1.01.